The lowest BCUT2D eigenvalue weighted by molar-refractivity contribution is 0.192. The highest BCUT2D eigenvalue weighted by Crippen LogP contribution is 2.30. The molecule has 4 heteroatoms. The summed E-state index contributed by atoms with van der Waals surface area (Å²) >= 11 is 0. The average Bonchev–Trinajstić information content (AvgIpc) is 3.04. The number of hydrogen-bond acceptors (Lipinski definition) is 4. The van der Waals surface area contributed by atoms with E-state index in [1.807, 2.05) is 6.07 Å². The molecule has 0 saturated carbocycles. The summed E-state index contributed by atoms with van der Waals surface area (Å²) in [6.07, 6.45) is 5.08. The fourth-order valence-corrected chi connectivity index (χ4v) is 3.87. The summed E-state index contributed by atoms with van der Waals surface area (Å²) in [5.41, 5.74) is 1.36. The molecule has 0 aromatic heterocycles. The van der Waals surface area contributed by atoms with Crippen LogP contribution in [-0.2, 0) is 6.42 Å². The van der Waals surface area contributed by atoms with Gasteiger partial charge in [0.25, 0.3) is 0 Å². The van der Waals surface area contributed by atoms with Gasteiger partial charge in [-0.05, 0) is 68.9 Å². The molecule has 4 nitrogen and oxygen atoms in total. The first-order valence-electron chi connectivity index (χ1n) is 8.46. The van der Waals surface area contributed by atoms with Crippen LogP contribution in [0.5, 0.6) is 11.5 Å². The van der Waals surface area contributed by atoms with Crippen molar-refractivity contribution >= 4 is 0 Å². The molecule has 22 heavy (non-hydrogen) atoms. The van der Waals surface area contributed by atoms with E-state index in [1.165, 1.54) is 51.0 Å². The van der Waals surface area contributed by atoms with Crippen molar-refractivity contribution in [2.75, 3.05) is 40.4 Å². The van der Waals surface area contributed by atoms with Gasteiger partial charge in [0.05, 0.1) is 14.2 Å². The minimum Gasteiger partial charge on any atom is -0.493 e. The van der Waals surface area contributed by atoms with Crippen molar-refractivity contribution in [2.24, 2.45) is 5.92 Å². The Hall–Kier alpha value is -1.26. The van der Waals surface area contributed by atoms with E-state index >= 15 is 0 Å². The van der Waals surface area contributed by atoms with E-state index in [9.17, 15) is 0 Å². The molecule has 1 atom stereocenters. The lowest BCUT2D eigenvalue weighted by Gasteiger charge is -2.31. The maximum Gasteiger partial charge on any atom is 0.160 e. The summed E-state index contributed by atoms with van der Waals surface area (Å²) in [7, 11) is 3.39. The predicted octanol–water partition coefficient (Wildman–Crippen LogP) is 2.32. The SMILES string of the molecule is COc1ccc(CC2CCN(C3CCNCC3)C2)cc1OC. The van der Waals surface area contributed by atoms with Crippen LogP contribution in [0.15, 0.2) is 18.2 Å². The average molecular weight is 304 g/mol. The monoisotopic (exact) mass is 304 g/mol. The Balaban J connectivity index is 1.57. The number of likely N-dealkylation sites (tertiary alicyclic amines) is 1. The maximum absolute atomic E-state index is 5.42. The Kier molecular flexibility index (Phi) is 5.21. The summed E-state index contributed by atoms with van der Waals surface area (Å²) in [5, 5.41) is 3.46. The Morgan fingerprint density at radius 3 is 2.59 bits per heavy atom. The van der Waals surface area contributed by atoms with Crippen molar-refractivity contribution in [1.29, 1.82) is 0 Å². The van der Waals surface area contributed by atoms with Crippen LogP contribution in [0.4, 0.5) is 0 Å². The zero-order valence-corrected chi connectivity index (χ0v) is 13.8. The number of benzene rings is 1. The molecule has 122 valence electrons. The van der Waals surface area contributed by atoms with Crippen LogP contribution < -0.4 is 14.8 Å². The normalized spacial score (nSPS) is 23.6. The molecular formula is C18H28N2O2. The molecule has 1 N–H and O–H groups in total. The zero-order chi connectivity index (χ0) is 15.4. The molecule has 2 aliphatic rings. The molecular weight excluding hydrogens is 276 g/mol. The molecule has 3 rings (SSSR count). The second kappa shape index (κ2) is 7.34. The van der Waals surface area contributed by atoms with Gasteiger partial charge in [-0.1, -0.05) is 6.07 Å². The minimum atomic E-state index is 0.771. The Morgan fingerprint density at radius 1 is 1.09 bits per heavy atom. The van der Waals surface area contributed by atoms with E-state index in [-0.39, 0.29) is 0 Å². The second-order valence-corrected chi connectivity index (χ2v) is 6.52. The first-order chi connectivity index (χ1) is 10.8. The third-order valence-electron chi connectivity index (χ3n) is 5.11. The van der Waals surface area contributed by atoms with Gasteiger partial charge in [0.15, 0.2) is 11.5 Å². The van der Waals surface area contributed by atoms with E-state index in [0.29, 0.717) is 0 Å². The highest BCUT2D eigenvalue weighted by Gasteiger charge is 2.29. The molecule has 0 bridgehead atoms. The molecule has 0 spiro atoms. The third kappa shape index (κ3) is 3.55. The number of nitrogens with zero attached hydrogens (tertiary/aromatic N) is 1. The molecule has 2 aliphatic heterocycles. The smallest absolute Gasteiger partial charge is 0.160 e. The van der Waals surface area contributed by atoms with E-state index < -0.39 is 0 Å². The largest absolute Gasteiger partial charge is 0.493 e. The lowest BCUT2D eigenvalue weighted by Crippen LogP contribution is -2.42. The van der Waals surface area contributed by atoms with Crippen LogP contribution >= 0.6 is 0 Å². The van der Waals surface area contributed by atoms with Gasteiger partial charge in [0.1, 0.15) is 0 Å². The van der Waals surface area contributed by atoms with Crippen LogP contribution in [0.1, 0.15) is 24.8 Å². The predicted molar refractivity (Wildman–Crippen MR) is 88.8 cm³/mol. The molecule has 1 aromatic rings. The van der Waals surface area contributed by atoms with Crippen molar-refractivity contribution in [2.45, 2.75) is 31.7 Å². The number of methoxy groups -OCH3 is 2. The van der Waals surface area contributed by atoms with E-state index in [2.05, 4.69) is 22.3 Å². The van der Waals surface area contributed by atoms with Crippen molar-refractivity contribution in [1.82, 2.24) is 10.2 Å². The fourth-order valence-electron chi connectivity index (χ4n) is 3.87. The van der Waals surface area contributed by atoms with Gasteiger partial charge in [-0.3, -0.25) is 4.90 Å². The first-order valence-corrected chi connectivity index (χ1v) is 8.46. The molecule has 2 fully saturated rings. The zero-order valence-electron chi connectivity index (χ0n) is 13.8. The van der Waals surface area contributed by atoms with Crippen LogP contribution in [0.2, 0.25) is 0 Å². The number of hydrogen-bond donors (Lipinski definition) is 1. The molecule has 1 unspecified atom stereocenters. The van der Waals surface area contributed by atoms with E-state index in [1.54, 1.807) is 14.2 Å². The lowest BCUT2D eigenvalue weighted by atomic mass is 9.98. The van der Waals surface area contributed by atoms with E-state index in [0.717, 1.165) is 29.9 Å². The molecule has 0 radical (unpaired) electrons. The Labute approximate surface area is 133 Å². The second-order valence-electron chi connectivity index (χ2n) is 6.52. The summed E-state index contributed by atoms with van der Waals surface area (Å²) < 4.78 is 10.7. The van der Waals surface area contributed by atoms with Gasteiger partial charge in [0.2, 0.25) is 0 Å². The quantitative estimate of drug-likeness (QED) is 0.905. The number of nitrogens with one attached hydrogen (secondary N) is 1. The summed E-state index contributed by atoms with van der Waals surface area (Å²) in [6, 6.07) is 7.13. The standard InChI is InChI=1S/C18H28N2O2/c1-21-17-4-3-14(12-18(17)22-2)11-15-7-10-20(13-15)16-5-8-19-9-6-16/h3-4,12,15-16,19H,5-11,13H2,1-2H3. The van der Waals surface area contributed by atoms with Crippen LogP contribution in [0, 0.1) is 5.92 Å². The van der Waals surface area contributed by atoms with E-state index in [4.69, 9.17) is 9.47 Å². The van der Waals surface area contributed by atoms with Crippen molar-refractivity contribution < 1.29 is 9.47 Å². The molecule has 1 aromatic carbocycles. The van der Waals surface area contributed by atoms with Crippen LogP contribution in [-0.4, -0.2) is 51.3 Å². The molecule has 0 aliphatic carbocycles. The van der Waals surface area contributed by atoms with Crippen LogP contribution in [0.3, 0.4) is 0 Å². The molecule has 2 heterocycles. The minimum absolute atomic E-state index is 0.771. The first kappa shape index (κ1) is 15.6. The highest BCUT2D eigenvalue weighted by atomic mass is 16.5. The highest BCUT2D eigenvalue weighted by molar-refractivity contribution is 5.43. The topological polar surface area (TPSA) is 33.7 Å². The van der Waals surface area contributed by atoms with Gasteiger partial charge in [-0.2, -0.15) is 0 Å². The van der Waals surface area contributed by atoms with Gasteiger partial charge in [0, 0.05) is 12.6 Å². The Bertz CT molecular complexity index is 486. The molecule has 2 saturated heterocycles. The maximum atomic E-state index is 5.42. The van der Waals surface area contributed by atoms with Gasteiger partial charge in [-0.15, -0.1) is 0 Å². The van der Waals surface area contributed by atoms with Crippen LogP contribution in [0.25, 0.3) is 0 Å². The summed E-state index contributed by atoms with van der Waals surface area (Å²) in [5.74, 6) is 2.43. The van der Waals surface area contributed by atoms with Gasteiger partial charge in [-0.25, -0.2) is 0 Å². The number of rotatable bonds is 5. The summed E-state index contributed by atoms with van der Waals surface area (Å²) in [6.45, 7) is 4.88. The third-order valence-corrected chi connectivity index (χ3v) is 5.11. The summed E-state index contributed by atoms with van der Waals surface area (Å²) in [4.78, 5) is 2.71. The number of ether oxygens (including phenoxy) is 2. The van der Waals surface area contributed by atoms with Crippen molar-refractivity contribution in [3.05, 3.63) is 23.8 Å². The molecule has 0 amide bonds. The van der Waals surface area contributed by atoms with Crippen molar-refractivity contribution in [3.63, 3.8) is 0 Å². The van der Waals surface area contributed by atoms with Gasteiger partial charge >= 0.3 is 0 Å². The fraction of sp³-hybridized carbons (Fsp3) is 0.667. The van der Waals surface area contributed by atoms with Crippen molar-refractivity contribution in [3.8, 4) is 11.5 Å². The Morgan fingerprint density at radius 2 is 1.86 bits per heavy atom. The number of piperidine rings is 1. The van der Waals surface area contributed by atoms with Gasteiger partial charge < -0.3 is 14.8 Å².